The van der Waals surface area contributed by atoms with Gasteiger partial charge in [0.1, 0.15) is 11.3 Å². The van der Waals surface area contributed by atoms with Crippen molar-refractivity contribution in [1.29, 1.82) is 0 Å². The Balaban J connectivity index is 2.31. The predicted octanol–water partition coefficient (Wildman–Crippen LogP) is 3.61. The molecule has 1 heterocycles. The Bertz CT molecular complexity index is 638. The summed E-state index contributed by atoms with van der Waals surface area (Å²) in [6.45, 7) is 0. The second-order valence-corrected chi connectivity index (χ2v) is 3.59. The zero-order valence-corrected chi connectivity index (χ0v) is 8.47. The molecule has 3 rings (SSSR count). The minimum atomic E-state index is 0.241. The number of fused-ring (bicyclic) bond motifs is 1. The average Bonchev–Trinajstić information content (AvgIpc) is 2.74. The lowest BCUT2D eigenvalue weighted by molar-refractivity contribution is 0.477. The zero-order valence-electron chi connectivity index (χ0n) is 8.47. The first-order chi connectivity index (χ1) is 7.86. The minimum Gasteiger partial charge on any atom is -0.507 e. The van der Waals surface area contributed by atoms with Crippen LogP contribution < -0.4 is 0 Å². The van der Waals surface area contributed by atoms with Crippen LogP contribution in [-0.4, -0.2) is 5.11 Å². The first-order valence-corrected chi connectivity index (χ1v) is 5.04. The van der Waals surface area contributed by atoms with E-state index in [1.807, 2.05) is 36.4 Å². The average molecular weight is 209 g/mol. The third kappa shape index (κ3) is 1.27. The maximum Gasteiger partial charge on any atom is 0.179 e. The van der Waals surface area contributed by atoms with Crippen LogP contribution in [0.25, 0.3) is 22.1 Å². The Morgan fingerprint density at radius 2 is 1.69 bits per heavy atom. The molecule has 0 saturated heterocycles. The molecule has 2 heteroatoms. The highest BCUT2D eigenvalue weighted by molar-refractivity contribution is 5.94. The van der Waals surface area contributed by atoms with Gasteiger partial charge in [-0.2, -0.15) is 0 Å². The SMILES string of the molecule is Oc1ccccc1-c1[c]oc2ccccc12. The van der Waals surface area contributed by atoms with Crippen molar-refractivity contribution in [2.75, 3.05) is 0 Å². The van der Waals surface area contributed by atoms with Gasteiger partial charge in [-0.25, -0.2) is 0 Å². The molecule has 77 valence electrons. The highest BCUT2D eigenvalue weighted by Crippen LogP contribution is 2.34. The summed E-state index contributed by atoms with van der Waals surface area (Å²) in [6, 6.07) is 14.9. The molecule has 3 aromatic rings. The number of hydrogen-bond donors (Lipinski definition) is 1. The molecule has 0 bridgehead atoms. The van der Waals surface area contributed by atoms with Crippen LogP contribution >= 0.6 is 0 Å². The van der Waals surface area contributed by atoms with Gasteiger partial charge in [-0.3, -0.25) is 0 Å². The molecule has 16 heavy (non-hydrogen) atoms. The summed E-state index contributed by atoms with van der Waals surface area (Å²) in [6.07, 6.45) is 2.84. The van der Waals surface area contributed by atoms with E-state index < -0.39 is 0 Å². The quantitative estimate of drug-likeness (QED) is 0.664. The maximum absolute atomic E-state index is 9.78. The fourth-order valence-corrected chi connectivity index (χ4v) is 1.81. The van der Waals surface area contributed by atoms with Crippen molar-refractivity contribution in [3.63, 3.8) is 0 Å². The molecule has 0 aliphatic heterocycles. The van der Waals surface area contributed by atoms with Crippen molar-refractivity contribution in [3.05, 3.63) is 54.8 Å². The van der Waals surface area contributed by atoms with Crippen molar-refractivity contribution < 1.29 is 9.52 Å². The van der Waals surface area contributed by atoms with Crippen LogP contribution in [0.1, 0.15) is 0 Å². The Kier molecular flexibility index (Phi) is 1.93. The zero-order chi connectivity index (χ0) is 11.0. The van der Waals surface area contributed by atoms with Crippen molar-refractivity contribution in [3.8, 4) is 16.9 Å². The van der Waals surface area contributed by atoms with Crippen molar-refractivity contribution in [2.24, 2.45) is 0 Å². The third-order valence-electron chi connectivity index (χ3n) is 2.59. The third-order valence-corrected chi connectivity index (χ3v) is 2.59. The van der Waals surface area contributed by atoms with E-state index in [4.69, 9.17) is 4.42 Å². The monoisotopic (exact) mass is 209 g/mol. The lowest BCUT2D eigenvalue weighted by atomic mass is 10.0. The van der Waals surface area contributed by atoms with Crippen LogP contribution in [0.5, 0.6) is 5.75 Å². The highest BCUT2D eigenvalue weighted by atomic mass is 16.3. The largest absolute Gasteiger partial charge is 0.507 e. The summed E-state index contributed by atoms with van der Waals surface area (Å²) in [4.78, 5) is 0. The van der Waals surface area contributed by atoms with Gasteiger partial charge in [-0.1, -0.05) is 36.4 Å². The molecule has 0 aliphatic rings. The molecule has 1 radical (unpaired) electrons. The highest BCUT2D eigenvalue weighted by Gasteiger charge is 2.10. The maximum atomic E-state index is 9.78. The molecule has 0 saturated carbocycles. The Hall–Kier alpha value is -2.22. The van der Waals surface area contributed by atoms with E-state index in [2.05, 4.69) is 6.26 Å². The topological polar surface area (TPSA) is 33.4 Å². The Labute approximate surface area is 92.8 Å². The number of hydrogen-bond acceptors (Lipinski definition) is 2. The Morgan fingerprint density at radius 3 is 2.56 bits per heavy atom. The van der Waals surface area contributed by atoms with Gasteiger partial charge in [-0.15, -0.1) is 0 Å². The molecular weight excluding hydrogens is 200 g/mol. The standard InChI is InChI=1S/C14H9O2/c15-13-7-3-1-5-10(13)12-9-16-14-8-4-2-6-11(12)14/h1-8,15H. The van der Waals surface area contributed by atoms with E-state index in [-0.39, 0.29) is 5.75 Å². The van der Waals surface area contributed by atoms with Crippen LogP contribution in [0.4, 0.5) is 0 Å². The van der Waals surface area contributed by atoms with E-state index in [9.17, 15) is 5.11 Å². The summed E-state index contributed by atoms with van der Waals surface area (Å²) >= 11 is 0. The molecule has 0 unspecified atom stereocenters. The summed E-state index contributed by atoms with van der Waals surface area (Å²) in [5.74, 6) is 0.241. The van der Waals surface area contributed by atoms with Gasteiger partial charge in [0.25, 0.3) is 0 Å². The van der Waals surface area contributed by atoms with E-state index in [1.165, 1.54) is 0 Å². The molecule has 0 spiro atoms. The van der Waals surface area contributed by atoms with Crippen LogP contribution in [-0.2, 0) is 0 Å². The molecule has 1 N–H and O–H groups in total. The van der Waals surface area contributed by atoms with E-state index >= 15 is 0 Å². The second-order valence-electron chi connectivity index (χ2n) is 3.59. The summed E-state index contributed by atoms with van der Waals surface area (Å²) in [7, 11) is 0. The molecule has 2 aromatic carbocycles. The molecule has 0 atom stereocenters. The van der Waals surface area contributed by atoms with Crippen LogP contribution in [0, 0.1) is 6.26 Å². The van der Waals surface area contributed by atoms with Crippen molar-refractivity contribution in [2.45, 2.75) is 0 Å². The fraction of sp³-hybridized carbons (Fsp3) is 0. The van der Waals surface area contributed by atoms with E-state index in [0.29, 0.717) is 0 Å². The molecule has 0 amide bonds. The molecule has 0 aliphatic carbocycles. The first kappa shape index (κ1) is 9.04. The lowest BCUT2D eigenvalue weighted by Gasteiger charge is -2.00. The minimum absolute atomic E-state index is 0.241. The predicted molar refractivity (Wildman–Crippen MR) is 62.2 cm³/mol. The number of para-hydroxylation sites is 2. The van der Waals surface area contributed by atoms with Gasteiger partial charge in [-0.05, 0) is 12.1 Å². The number of phenols is 1. The normalized spacial score (nSPS) is 10.8. The number of rotatable bonds is 1. The van der Waals surface area contributed by atoms with Crippen LogP contribution in [0.3, 0.4) is 0 Å². The number of benzene rings is 2. The van der Waals surface area contributed by atoms with Gasteiger partial charge in [0, 0.05) is 16.5 Å². The second kappa shape index (κ2) is 3.42. The van der Waals surface area contributed by atoms with Crippen molar-refractivity contribution in [1.82, 2.24) is 0 Å². The number of furan rings is 1. The fourth-order valence-electron chi connectivity index (χ4n) is 1.81. The van der Waals surface area contributed by atoms with E-state index in [0.717, 1.165) is 22.1 Å². The molecule has 2 nitrogen and oxygen atoms in total. The Morgan fingerprint density at radius 1 is 0.938 bits per heavy atom. The van der Waals surface area contributed by atoms with Gasteiger partial charge >= 0.3 is 0 Å². The summed E-state index contributed by atoms with van der Waals surface area (Å²) in [5.41, 5.74) is 2.32. The van der Waals surface area contributed by atoms with Crippen molar-refractivity contribution >= 4 is 11.0 Å². The van der Waals surface area contributed by atoms with Gasteiger partial charge in [0.15, 0.2) is 6.26 Å². The molecular formula is C14H9O2. The van der Waals surface area contributed by atoms with E-state index in [1.54, 1.807) is 12.1 Å². The van der Waals surface area contributed by atoms with Gasteiger partial charge < -0.3 is 9.52 Å². The molecule has 1 aromatic heterocycles. The van der Waals surface area contributed by atoms with Gasteiger partial charge in [0.05, 0.1) is 0 Å². The molecule has 0 fully saturated rings. The smallest absolute Gasteiger partial charge is 0.179 e. The summed E-state index contributed by atoms with van der Waals surface area (Å²) < 4.78 is 5.32. The van der Waals surface area contributed by atoms with Gasteiger partial charge in [0.2, 0.25) is 0 Å². The lowest BCUT2D eigenvalue weighted by Crippen LogP contribution is -1.76. The van der Waals surface area contributed by atoms with Crippen LogP contribution in [0.2, 0.25) is 0 Å². The summed E-state index contributed by atoms with van der Waals surface area (Å²) in [5, 5.41) is 10.7. The first-order valence-electron chi connectivity index (χ1n) is 5.04. The number of phenolic OH excluding ortho intramolecular Hbond substituents is 1. The van der Waals surface area contributed by atoms with Crippen LogP contribution in [0.15, 0.2) is 52.9 Å². The number of aromatic hydroxyl groups is 1.